The molecule has 1 unspecified atom stereocenters. The molecule has 4 rings (SSSR count). The second-order valence-electron chi connectivity index (χ2n) is 7.81. The van der Waals surface area contributed by atoms with Crippen LogP contribution >= 0.6 is 0 Å². The van der Waals surface area contributed by atoms with Gasteiger partial charge in [-0.15, -0.1) is 0 Å². The number of carbonyl (C=O) groups excluding carboxylic acids is 2. The number of ketones is 1. The summed E-state index contributed by atoms with van der Waals surface area (Å²) in [6, 6.07) is 13.0. The van der Waals surface area contributed by atoms with Gasteiger partial charge in [-0.25, -0.2) is 8.78 Å². The summed E-state index contributed by atoms with van der Waals surface area (Å²) in [5.74, 6) is -4.02. The Morgan fingerprint density at radius 2 is 1.61 bits per heavy atom. The summed E-state index contributed by atoms with van der Waals surface area (Å²) in [5.41, 5.74) is 0.132. The van der Waals surface area contributed by atoms with Crippen LogP contribution in [-0.2, 0) is 9.59 Å². The molecule has 186 valence electrons. The van der Waals surface area contributed by atoms with Crippen LogP contribution in [-0.4, -0.2) is 37.6 Å². The lowest BCUT2D eigenvalue weighted by Crippen LogP contribution is -2.29. The third-order valence-electron chi connectivity index (χ3n) is 5.78. The van der Waals surface area contributed by atoms with E-state index in [0.29, 0.717) is 17.9 Å². The highest BCUT2D eigenvalue weighted by Gasteiger charge is 2.47. The topological polar surface area (TPSA) is 85.3 Å². The summed E-state index contributed by atoms with van der Waals surface area (Å²) >= 11 is 0. The number of halogens is 2. The SMILES string of the molecule is CCOc1cccc(C2/C(=C(\O)c3c(OC)cccc3OC)C(=O)C(=O)N2c2ccc(F)c(F)c2)c1. The third kappa shape index (κ3) is 4.24. The molecule has 3 aromatic rings. The van der Waals surface area contributed by atoms with E-state index in [2.05, 4.69) is 0 Å². The minimum Gasteiger partial charge on any atom is -0.506 e. The van der Waals surface area contributed by atoms with Gasteiger partial charge in [-0.2, -0.15) is 0 Å². The second-order valence-corrected chi connectivity index (χ2v) is 7.81. The van der Waals surface area contributed by atoms with Crippen molar-refractivity contribution >= 4 is 23.1 Å². The fourth-order valence-corrected chi connectivity index (χ4v) is 4.21. The number of carbonyl (C=O) groups is 2. The molecular weight excluding hydrogens is 472 g/mol. The van der Waals surface area contributed by atoms with Crippen LogP contribution < -0.4 is 19.1 Å². The Morgan fingerprint density at radius 1 is 0.944 bits per heavy atom. The number of rotatable bonds is 7. The summed E-state index contributed by atoms with van der Waals surface area (Å²) in [6.07, 6.45) is 0. The van der Waals surface area contributed by atoms with E-state index in [0.717, 1.165) is 17.0 Å². The minimum absolute atomic E-state index is 0.0612. The molecular formula is C27H23F2NO6. The highest BCUT2D eigenvalue weighted by Crippen LogP contribution is 2.45. The number of methoxy groups -OCH3 is 2. The van der Waals surface area contributed by atoms with Gasteiger partial charge in [-0.05, 0) is 48.9 Å². The predicted octanol–water partition coefficient (Wildman–Crippen LogP) is 5.01. The number of nitrogens with zero attached hydrogens (tertiary/aromatic N) is 1. The molecule has 0 spiro atoms. The molecule has 0 aromatic heterocycles. The van der Waals surface area contributed by atoms with Gasteiger partial charge in [0, 0.05) is 11.8 Å². The molecule has 0 saturated carbocycles. The zero-order chi connectivity index (χ0) is 26.0. The van der Waals surface area contributed by atoms with Crippen molar-refractivity contribution in [3.05, 3.63) is 89.0 Å². The average Bonchev–Trinajstić information content (AvgIpc) is 3.15. The van der Waals surface area contributed by atoms with Gasteiger partial charge in [-0.3, -0.25) is 14.5 Å². The number of benzene rings is 3. The van der Waals surface area contributed by atoms with Crippen molar-refractivity contribution in [2.75, 3.05) is 25.7 Å². The molecule has 1 aliphatic heterocycles. The molecule has 36 heavy (non-hydrogen) atoms. The molecule has 0 aliphatic carbocycles. The van der Waals surface area contributed by atoms with E-state index in [1.54, 1.807) is 49.4 Å². The molecule has 7 nitrogen and oxygen atoms in total. The van der Waals surface area contributed by atoms with Gasteiger partial charge in [-0.1, -0.05) is 18.2 Å². The first kappa shape index (κ1) is 24.7. The van der Waals surface area contributed by atoms with Crippen LogP contribution in [0.5, 0.6) is 17.2 Å². The molecule has 1 N–H and O–H groups in total. The quantitative estimate of drug-likeness (QED) is 0.282. The monoisotopic (exact) mass is 495 g/mol. The largest absolute Gasteiger partial charge is 0.506 e. The van der Waals surface area contributed by atoms with Gasteiger partial charge in [0.1, 0.15) is 28.6 Å². The van der Waals surface area contributed by atoms with Crippen LogP contribution in [0.1, 0.15) is 24.1 Å². The normalized spacial score (nSPS) is 16.8. The van der Waals surface area contributed by atoms with Crippen molar-refractivity contribution in [3.8, 4) is 17.2 Å². The summed E-state index contributed by atoms with van der Waals surface area (Å²) in [4.78, 5) is 27.6. The van der Waals surface area contributed by atoms with Crippen LogP contribution in [0, 0.1) is 11.6 Å². The van der Waals surface area contributed by atoms with E-state index in [1.807, 2.05) is 0 Å². The van der Waals surface area contributed by atoms with E-state index < -0.39 is 35.1 Å². The maximum absolute atomic E-state index is 14.2. The molecule has 0 bridgehead atoms. The lowest BCUT2D eigenvalue weighted by Gasteiger charge is -2.26. The number of hydrogen-bond acceptors (Lipinski definition) is 6. The van der Waals surface area contributed by atoms with E-state index >= 15 is 0 Å². The fourth-order valence-electron chi connectivity index (χ4n) is 4.21. The van der Waals surface area contributed by atoms with Crippen LogP contribution in [0.3, 0.4) is 0 Å². The van der Waals surface area contributed by atoms with E-state index in [4.69, 9.17) is 14.2 Å². The van der Waals surface area contributed by atoms with Gasteiger partial charge < -0.3 is 19.3 Å². The predicted molar refractivity (Wildman–Crippen MR) is 128 cm³/mol. The molecule has 3 aromatic carbocycles. The first-order valence-corrected chi connectivity index (χ1v) is 11.0. The Morgan fingerprint density at radius 3 is 2.22 bits per heavy atom. The smallest absolute Gasteiger partial charge is 0.300 e. The van der Waals surface area contributed by atoms with E-state index in [-0.39, 0.29) is 28.3 Å². The summed E-state index contributed by atoms with van der Waals surface area (Å²) < 4.78 is 44.1. The van der Waals surface area contributed by atoms with Crippen molar-refractivity contribution in [2.45, 2.75) is 13.0 Å². The highest BCUT2D eigenvalue weighted by molar-refractivity contribution is 6.51. The van der Waals surface area contributed by atoms with Crippen molar-refractivity contribution < 1.29 is 37.7 Å². The van der Waals surface area contributed by atoms with Crippen LogP contribution in [0.15, 0.2) is 66.2 Å². The van der Waals surface area contributed by atoms with Gasteiger partial charge >= 0.3 is 0 Å². The molecule has 1 aliphatic rings. The Balaban J connectivity index is 2.02. The zero-order valence-corrected chi connectivity index (χ0v) is 19.7. The Bertz CT molecular complexity index is 1350. The molecule has 1 heterocycles. The Kier molecular flexibility index (Phi) is 6.91. The highest BCUT2D eigenvalue weighted by atomic mass is 19.2. The minimum atomic E-state index is -1.19. The number of Topliss-reactive ketones (excluding diaryl/α,β-unsaturated/α-hetero) is 1. The first-order valence-electron chi connectivity index (χ1n) is 11.0. The van der Waals surface area contributed by atoms with E-state index in [9.17, 15) is 23.5 Å². The maximum atomic E-state index is 14.2. The molecule has 9 heteroatoms. The zero-order valence-electron chi connectivity index (χ0n) is 19.7. The molecule has 1 fully saturated rings. The van der Waals surface area contributed by atoms with Gasteiger partial charge in [0.15, 0.2) is 11.6 Å². The number of ether oxygens (including phenoxy) is 3. The number of aliphatic hydroxyl groups is 1. The van der Waals surface area contributed by atoms with Crippen molar-refractivity contribution in [1.29, 1.82) is 0 Å². The second kappa shape index (κ2) is 10.1. The lowest BCUT2D eigenvalue weighted by atomic mass is 9.94. The number of hydrogen-bond donors (Lipinski definition) is 1. The maximum Gasteiger partial charge on any atom is 0.300 e. The number of amides is 1. The molecule has 0 radical (unpaired) electrons. The van der Waals surface area contributed by atoms with Crippen LogP contribution in [0.25, 0.3) is 5.76 Å². The summed E-state index contributed by atoms with van der Waals surface area (Å²) in [5, 5.41) is 11.5. The molecule has 1 amide bonds. The van der Waals surface area contributed by atoms with Crippen molar-refractivity contribution in [3.63, 3.8) is 0 Å². The summed E-state index contributed by atoms with van der Waals surface area (Å²) in [6.45, 7) is 2.17. The number of anilines is 1. The van der Waals surface area contributed by atoms with Crippen LogP contribution in [0.4, 0.5) is 14.5 Å². The summed E-state index contributed by atoms with van der Waals surface area (Å²) in [7, 11) is 2.77. The molecule has 1 atom stereocenters. The van der Waals surface area contributed by atoms with Crippen molar-refractivity contribution in [2.24, 2.45) is 0 Å². The third-order valence-corrected chi connectivity index (χ3v) is 5.78. The Labute approximate surface area is 206 Å². The average molecular weight is 495 g/mol. The van der Waals surface area contributed by atoms with Crippen LogP contribution in [0.2, 0.25) is 0 Å². The lowest BCUT2D eigenvalue weighted by molar-refractivity contribution is -0.132. The van der Waals surface area contributed by atoms with Gasteiger partial charge in [0.05, 0.1) is 32.4 Å². The fraction of sp³-hybridized carbons (Fsp3) is 0.185. The Hall–Kier alpha value is -4.40. The molecule has 1 saturated heterocycles. The standard InChI is InChI=1S/C27H23F2NO6/c1-4-36-17-8-5-7-15(13-17)24-23(25(31)22-20(34-2)9-6-10-21(22)35-3)26(32)27(33)30(24)16-11-12-18(28)19(29)14-16/h5-14,24,31H,4H2,1-3H3/b25-23+. The van der Waals surface area contributed by atoms with E-state index in [1.165, 1.54) is 20.3 Å². The first-order chi connectivity index (χ1) is 17.3. The van der Waals surface area contributed by atoms with Crippen molar-refractivity contribution in [1.82, 2.24) is 0 Å². The van der Waals surface area contributed by atoms with Gasteiger partial charge in [0.25, 0.3) is 11.7 Å². The number of aliphatic hydroxyl groups excluding tert-OH is 1. The van der Waals surface area contributed by atoms with Gasteiger partial charge in [0.2, 0.25) is 0 Å².